The summed E-state index contributed by atoms with van der Waals surface area (Å²) in [6.07, 6.45) is 0. The number of aromatic nitrogens is 1. The van der Waals surface area contributed by atoms with E-state index in [-0.39, 0.29) is 0 Å². The Morgan fingerprint density at radius 2 is 1.61 bits per heavy atom. The van der Waals surface area contributed by atoms with Gasteiger partial charge in [-0.15, -0.1) is 0 Å². The average Bonchev–Trinajstić information content (AvgIpc) is 3.23. The van der Waals surface area contributed by atoms with E-state index in [1.54, 1.807) is 44.6 Å². The fraction of sp³-hybridized carbons (Fsp3) is 0.130. The molecule has 1 aromatic heterocycles. The number of carbonyl (C=O) groups excluding carboxylic acids is 1. The maximum Gasteiger partial charge on any atom is 0.323 e. The number of rotatable bonds is 6. The predicted octanol–water partition coefficient (Wildman–Crippen LogP) is 5.16. The Hall–Kier alpha value is -4.20. The zero-order chi connectivity index (χ0) is 21.8. The van der Waals surface area contributed by atoms with E-state index in [0.29, 0.717) is 45.7 Å². The summed E-state index contributed by atoms with van der Waals surface area (Å²) < 4.78 is 21.7. The number of para-hydroxylation sites is 2. The van der Waals surface area contributed by atoms with Crippen LogP contribution in [0.25, 0.3) is 22.6 Å². The van der Waals surface area contributed by atoms with Crippen LogP contribution < -0.4 is 24.8 Å². The highest BCUT2D eigenvalue weighted by atomic mass is 16.5. The molecule has 0 spiro atoms. The first-order chi connectivity index (χ1) is 15.1. The summed E-state index contributed by atoms with van der Waals surface area (Å²) in [6, 6.07) is 17.5. The Balaban J connectivity index is 1.58. The number of hydrogen-bond donors (Lipinski definition) is 2. The second-order valence-corrected chi connectivity index (χ2v) is 6.58. The third-order valence-corrected chi connectivity index (χ3v) is 4.60. The van der Waals surface area contributed by atoms with E-state index in [0.717, 1.165) is 5.52 Å². The summed E-state index contributed by atoms with van der Waals surface area (Å²) in [6.45, 7) is 0. The highest BCUT2D eigenvalue weighted by molar-refractivity contribution is 6.01. The largest absolute Gasteiger partial charge is 0.497 e. The number of urea groups is 1. The average molecular weight is 419 g/mol. The SMILES string of the molecule is COc1cc(NC(=O)Nc2cc(-c3nc4ccccc4o3)ccc2OC)cc(OC)c1. The maximum absolute atomic E-state index is 12.6. The van der Waals surface area contributed by atoms with Crippen molar-refractivity contribution in [3.05, 3.63) is 60.7 Å². The van der Waals surface area contributed by atoms with E-state index in [9.17, 15) is 4.79 Å². The van der Waals surface area contributed by atoms with Crippen LogP contribution in [0.4, 0.5) is 16.2 Å². The third kappa shape index (κ3) is 4.37. The fourth-order valence-corrected chi connectivity index (χ4v) is 3.10. The maximum atomic E-state index is 12.6. The summed E-state index contributed by atoms with van der Waals surface area (Å²) in [4.78, 5) is 17.1. The molecule has 0 aliphatic heterocycles. The molecule has 2 N–H and O–H groups in total. The molecule has 0 aliphatic carbocycles. The number of fused-ring (bicyclic) bond motifs is 1. The molecule has 0 fully saturated rings. The zero-order valence-corrected chi connectivity index (χ0v) is 17.3. The van der Waals surface area contributed by atoms with Gasteiger partial charge in [0.15, 0.2) is 5.58 Å². The van der Waals surface area contributed by atoms with Crippen LogP contribution >= 0.6 is 0 Å². The number of oxazole rings is 1. The van der Waals surface area contributed by atoms with Crippen LogP contribution in [0.5, 0.6) is 17.2 Å². The Labute approximate surface area is 178 Å². The monoisotopic (exact) mass is 419 g/mol. The molecule has 0 atom stereocenters. The molecule has 4 rings (SSSR count). The lowest BCUT2D eigenvalue weighted by Crippen LogP contribution is -2.20. The van der Waals surface area contributed by atoms with Crippen LogP contribution in [0.2, 0.25) is 0 Å². The zero-order valence-electron chi connectivity index (χ0n) is 17.3. The number of methoxy groups -OCH3 is 3. The number of anilines is 2. The second kappa shape index (κ2) is 8.66. The molecule has 8 nitrogen and oxygen atoms in total. The Bertz CT molecular complexity index is 1180. The van der Waals surface area contributed by atoms with Crippen LogP contribution in [-0.4, -0.2) is 32.3 Å². The molecule has 0 saturated carbocycles. The molecule has 3 aromatic carbocycles. The van der Waals surface area contributed by atoms with Crippen molar-refractivity contribution in [1.29, 1.82) is 0 Å². The molecule has 8 heteroatoms. The number of carbonyl (C=O) groups is 1. The van der Waals surface area contributed by atoms with Crippen molar-refractivity contribution in [2.24, 2.45) is 0 Å². The van der Waals surface area contributed by atoms with E-state index in [1.807, 2.05) is 30.3 Å². The molecule has 31 heavy (non-hydrogen) atoms. The van der Waals surface area contributed by atoms with E-state index in [2.05, 4.69) is 15.6 Å². The minimum atomic E-state index is -0.455. The number of nitrogens with zero attached hydrogens (tertiary/aromatic N) is 1. The molecule has 0 aliphatic rings. The summed E-state index contributed by atoms with van der Waals surface area (Å²) in [5, 5.41) is 5.57. The van der Waals surface area contributed by atoms with Crippen LogP contribution in [0.15, 0.2) is 65.1 Å². The van der Waals surface area contributed by atoms with Crippen LogP contribution in [-0.2, 0) is 0 Å². The van der Waals surface area contributed by atoms with E-state index < -0.39 is 6.03 Å². The van der Waals surface area contributed by atoms with Gasteiger partial charge in [-0.05, 0) is 30.3 Å². The smallest absolute Gasteiger partial charge is 0.323 e. The highest BCUT2D eigenvalue weighted by Gasteiger charge is 2.14. The van der Waals surface area contributed by atoms with E-state index in [4.69, 9.17) is 18.6 Å². The molecule has 0 saturated heterocycles. The number of ether oxygens (including phenoxy) is 3. The van der Waals surface area contributed by atoms with Crippen molar-refractivity contribution in [3.63, 3.8) is 0 Å². The van der Waals surface area contributed by atoms with Crippen molar-refractivity contribution in [2.75, 3.05) is 32.0 Å². The molecule has 0 radical (unpaired) electrons. The van der Waals surface area contributed by atoms with Crippen molar-refractivity contribution >= 4 is 28.5 Å². The second-order valence-electron chi connectivity index (χ2n) is 6.58. The molecular formula is C23H21N3O5. The van der Waals surface area contributed by atoms with Crippen molar-refractivity contribution in [2.45, 2.75) is 0 Å². The fourth-order valence-electron chi connectivity index (χ4n) is 3.10. The predicted molar refractivity (Wildman–Crippen MR) is 118 cm³/mol. The van der Waals surface area contributed by atoms with Gasteiger partial charge in [0.2, 0.25) is 5.89 Å². The van der Waals surface area contributed by atoms with Gasteiger partial charge in [-0.1, -0.05) is 12.1 Å². The number of benzene rings is 3. The van der Waals surface area contributed by atoms with Gasteiger partial charge >= 0.3 is 6.03 Å². The number of amides is 2. The first-order valence-electron chi connectivity index (χ1n) is 9.44. The van der Waals surface area contributed by atoms with Crippen LogP contribution in [0.1, 0.15) is 0 Å². The molecular weight excluding hydrogens is 398 g/mol. The lowest BCUT2D eigenvalue weighted by molar-refractivity contribution is 0.262. The van der Waals surface area contributed by atoms with Gasteiger partial charge in [-0.2, -0.15) is 0 Å². The number of nitrogens with one attached hydrogen (secondary N) is 2. The Kier molecular flexibility index (Phi) is 5.61. The van der Waals surface area contributed by atoms with Crippen LogP contribution in [0.3, 0.4) is 0 Å². The summed E-state index contributed by atoms with van der Waals surface area (Å²) >= 11 is 0. The van der Waals surface area contributed by atoms with Gasteiger partial charge in [0, 0.05) is 29.4 Å². The van der Waals surface area contributed by atoms with Crippen molar-refractivity contribution in [3.8, 4) is 28.7 Å². The molecule has 0 unspecified atom stereocenters. The molecule has 4 aromatic rings. The highest BCUT2D eigenvalue weighted by Crippen LogP contribution is 2.32. The quantitative estimate of drug-likeness (QED) is 0.448. The minimum Gasteiger partial charge on any atom is -0.497 e. The van der Waals surface area contributed by atoms with Gasteiger partial charge in [-0.25, -0.2) is 9.78 Å². The van der Waals surface area contributed by atoms with Crippen molar-refractivity contribution in [1.82, 2.24) is 4.98 Å². The summed E-state index contributed by atoms with van der Waals surface area (Å²) in [5.74, 6) is 2.07. The minimum absolute atomic E-state index is 0.449. The lowest BCUT2D eigenvalue weighted by Gasteiger charge is -2.13. The Morgan fingerprint density at radius 3 is 2.29 bits per heavy atom. The van der Waals surface area contributed by atoms with Crippen molar-refractivity contribution < 1.29 is 23.4 Å². The van der Waals surface area contributed by atoms with Gasteiger partial charge < -0.3 is 29.3 Å². The molecule has 1 heterocycles. The molecule has 0 bridgehead atoms. The summed E-state index contributed by atoms with van der Waals surface area (Å²) in [5.41, 5.74) is 3.13. The normalized spacial score (nSPS) is 10.5. The number of hydrogen-bond acceptors (Lipinski definition) is 6. The van der Waals surface area contributed by atoms with Crippen LogP contribution in [0, 0.1) is 0 Å². The first-order valence-corrected chi connectivity index (χ1v) is 9.44. The topological polar surface area (TPSA) is 94.9 Å². The molecule has 2 amide bonds. The van der Waals surface area contributed by atoms with Gasteiger partial charge in [-0.3, -0.25) is 0 Å². The van der Waals surface area contributed by atoms with E-state index in [1.165, 1.54) is 7.11 Å². The Morgan fingerprint density at radius 1 is 0.871 bits per heavy atom. The van der Waals surface area contributed by atoms with Gasteiger partial charge in [0.1, 0.15) is 22.8 Å². The van der Waals surface area contributed by atoms with Gasteiger partial charge in [0.25, 0.3) is 0 Å². The first kappa shape index (κ1) is 20.1. The standard InChI is InChI=1S/C23H21N3O5/c1-28-16-11-15(12-17(13-16)29-2)24-23(27)26-19-10-14(8-9-20(19)30-3)22-25-18-6-4-5-7-21(18)31-22/h4-13H,1-3H3,(H2,24,26,27). The lowest BCUT2D eigenvalue weighted by atomic mass is 10.2. The summed E-state index contributed by atoms with van der Waals surface area (Å²) in [7, 11) is 4.62. The van der Waals surface area contributed by atoms with E-state index >= 15 is 0 Å². The van der Waals surface area contributed by atoms with Gasteiger partial charge in [0.05, 0.1) is 27.0 Å². The molecule has 158 valence electrons. The third-order valence-electron chi connectivity index (χ3n) is 4.60.